The molecule has 0 heterocycles. The van der Waals surface area contributed by atoms with E-state index < -0.39 is 61.6 Å². The molecule has 0 aromatic heterocycles. The molecule has 0 N–H and O–H groups in total. The highest BCUT2D eigenvalue weighted by molar-refractivity contribution is 6.11. The summed E-state index contributed by atoms with van der Waals surface area (Å²) in [4.78, 5) is 31.8. The summed E-state index contributed by atoms with van der Waals surface area (Å²) in [6.45, 7) is 0. The Morgan fingerprint density at radius 1 is 0.714 bits per heavy atom. The number of carbonyl (C=O) groups is 1. The van der Waals surface area contributed by atoms with Crippen molar-refractivity contribution >= 4 is 17.2 Å². The normalized spacial score (nSPS) is 11.9. The predicted molar refractivity (Wildman–Crippen MR) is 79.6 cm³/mol. The molecule has 0 aliphatic heterocycles. The van der Waals surface area contributed by atoms with Crippen LogP contribution in [0.5, 0.6) is 0 Å². The number of ketones is 1. The maximum Gasteiger partial charge on any atom is 0.417 e. The number of rotatable bonds is 4. The van der Waals surface area contributed by atoms with Crippen LogP contribution in [0.4, 0.5) is 37.7 Å². The Kier molecular flexibility index (Phi) is 5.13. The molecule has 0 amide bonds. The lowest BCUT2D eigenvalue weighted by atomic mass is 9.93. The van der Waals surface area contributed by atoms with Gasteiger partial charge in [-0.05, 0) is 12.1 Å². The number of halogens is 6. The summed E-state index contributed by atoms with van der Waals surface area (Å²) in [5, 5.41) is 21.6. The lowest BCUT2D eigenvalue weighted by molar-refractivity contribution is -0.385. The first-order valence-electron chi connectivity index (χ1n) is 6.99. The molecule has 0 fully saturated rings. The Hall–Kier alpha value is -3.51. The molecule has 0 saturated carbocycles. The smallest absolute Gasteiger partial charge is 0.289 e. The van der Waals surface area contributed by atoms with Crippen molar-refractivity contribution in [3.63, 3.8) is 0 Å². The van der Waals surface area contributed by atoms with E-state index in [4.69, 9.17) is 0 Å². The fourth-order valence-electron chi connectivity index (χ4n) is 2.31. The van der Waals surface area contributed by atoms with E-state index in [0.29, 0.717) is 12.1 Å². The van der Waals surface area contributed by atoms with Gasteiger partial charge in [0.05, 0.1) is 21.0 Å². The van der Waals surface area contributed by atoms with Gasteiger partial charge in [-0.25, -0.2) is 0 Å². The van der Waals surface area contributed by atoms with Gasteiger partial charge in [-0.2, -0.15) is 26.3 Å². The van der Waals surface area contributed by atoms with Crippen LogP contribution in [0, 0.1) is 20.2 Å². The number of non-ortho nitro benzene ring substituents is 2. The van der Waals surface area contributed by atoms with Gasteiger partial charge in [-0.1, -0.05) is 0 Å². The van der Waals surface area contributed by atoms with E-state index in [-0.39, 0.29) is 24.3 Å². The van der Waals surface area contributed by atoms with E-state index in [2.05, 4.69) is 0 Å². The second-order valence-electron chi connectivity index (χ2n) is 5.30. The summed E-state index contributed by atoms with van der Waals surface area (Å²) in [6.07, 6.45) is -10.4. The summed E-state index contributed by atoms with van der Waals surface area (Å²) in [5.41, 5.74) is -8.27. The molecule has 0 unspecified atom stereocenters. The van der Waals surface area contributed by atoms with Crippen LogP contribution in [0.25, 0.3) is 0 Å². The number of carbonyl (C=O) groups excluding carboxylic acids is 1. The van der Waals surface area contributed by atoms with E-state index in [0.717, 1.165) is 0 Å². The molecule has 0 bridgehead atoms. The first-order valence-corrected chi connectivity index (χ1v) is 6.99. The van der Waals surface area contributed by atoms with Gasteiger partial charge in [-0.3, -0.25) is 25.0 Å². The molecule has 28 heavy (non-hydrogen) atoms. The number of hydrogen-bond acceptors (Lipinski definition) is 5. The summed E-state index contributed by atoms with van der Waals surface area (Å²) < 4.78 is 78.9. The maximum absolute atomic E-state index is 13.1. The summed E-state index contributed by atoms with van der Waals surface area (Å²) in [7, 11) is 0. The first-order chi connectivity index (χ1) is 12.7. The van der Waals surface area contributed by atoms with Crippen molar-refractivity contribution in [2.45, 2.75) is 12.4 Å². The lowest BCUT2D eigenvalue weighted by Crippen LogP contribution is -2.18. The molecule has 0 aliphatic rings. The molecule has 148 valence electrons. The molecule has 2 rings (SSSR count). The Morgan fingerprint density at radius 3 is 1.29 bits per heavy atom. The highest BCUT2D eigenvalue weighted by Crippen LogP contribution is 2.38. The standard InChI is InChI=1S/C15H6F6N2O5/c16-14(17,18)11-3-1-7(22(25)26)5-9(11)13(24)10-6-8(23(27)28)2-4-12(10)15(19,20)21/h1-6H. The third-order valence-corrected chi connectivity index (χ3v) is 3.53. The van der Waals surface area contributed by atoms with E-state index in [1.807, 2.05) is 0 Å². The first kappa shape index (κ1) is 20.8. The van der Waals surface area contributed by atoms with Crippen molar-refractivity contribution in [2.24, 2.45) is 0 Å². The van der Waals surface area contributed by atoms with Gasteiger partial charge in [0.15, 0.2) is 5.78 Å². The van der Waals surface area contributed by atoms with E-state index in [1.165, 1.54) is 0 Å². The lowest BCUT2D eigenvalue weighted by Gasteiger charge is -2.15. The number of nitrogens with zero attached hydrogens (tertiary/aromatic N) is 2. The number of hydrogen-bond donors (Lipinski definition) is 0. The van der Waals surface area contributed by atoms with Crippen molar-refractivity contribution in [1.29, 1.82) is 0 Å². The molecule has 0 spiro atoms. The predicted octanol–water partition coefficient (Wildman–Crippen LogP) is 4.77. The van der Waals surface area contributed by atoms with Crippen LogP contribution in [0.2, 0.25) is 0 Å². The van der Waals surface area contributed by atoms with Crippen molar-refractivity contribution < 1.29 is 41.0 Å². The van der Waals surface area contributed by atoms with E-state index >= 15 is 0 Å². The Labute approximate surface area is 150 Å². The van der Waals surface area contributed by atoms with E-state index in [9.17, 15) is 51.4 Å². The third-order valence-electron chi connectivity index (χ3n) is 3.53. The van der Waals surface area contributed by atoms with Gasteiger partial charge in [0.1, 0.15) is 0 Å². The minimum absolute atomic E-state index is 0.171. The molecule has 2 aromatic rings. The van der Waals surface area contributed by atoms with Crippen LogP contribution in [-0.2, 0) is 12.4 Å². The van der Waals surface area contributed by atoms with Crippen molar-refractivity contribution in [1.82, 2.24) is 0 Å². The quantitative estimate of drug-likeness (QED) is 0.314. The van der Waals surface area contributed by atoms with Crippen molar-refractivity contribution in [3.8, 4) is 0 Å². The highest BCUT2D eigenvalue weighted by atomic mass is 19.4. The molecule has 13 heteroatoms. The van der Waals surface area contributed by atoms with Crippen molar-refractivity contribution in [3.05, 3.63) is 78.9 Å². The zero-order valence-corrected chi connectivity index (χ0v) is 13.2. The zero-order valence-electron chi connectivity index (χ0n) is 13.2. The second-order valence-corrected chi connectivity index (χ2v) is 5.30. The average molecular weight is 408 g/mol. The van der Waals surface area contributed by atoms with Gasteiger partial charge < -0.3 is 0 Å². The summed E-state index contributed by atoms with van der Waals surface area (Å²) in [5.74, 6) is -1.90. The SMILES string of the molecule is O=C(c1cc([N+](=O)[O-])ccc1C(F)(F)F)c1cc([N+](=O)[O-])ccc1C(F)(F)F. The number of nitro groups is 2. The molecule has 0 atom stereocenters. The van der Waals surface area contributed by atoms with Crippen LogP contribution in [0.15, 0.2) is 36.4 Å². The highest BCUT2D eigenvalue weighted by Gasteiger charge is 2.40. The second kappa shape index (κ2) is 6.90. The molecule has 0 aliphatic carbocycles. The Morgan fingerprint density at radius 2 is 1.04 bits per heavy atom. The largest absolute Gasteiger partial charge is 0.417 e. The Balaban J connectivity index is 2.81. The maximum atomic E-state index is 13.1. The molecule has 2 aromatic carbocycles. The van der Waals surface area contributed by atoms with Crippen LogP contribution >= 0.6 is 0 Å². The minimum atomic E-state index is -5.22. The van der Waals surface area contributed by atoms with Crippen LogP contribution < -0.4 is 0 Å². The van der Waals surface area contributed by atoms with Gasteiger partial charge in [-0.15, -0.1) is 0 Å². The van der Waals surface area contributed by atoms with Crippen LogP contribution in [0.3, 0.4) is 0 Å². The molecule has 0 saturated heterocycles. The van der Waals surface area contributed by atoms with Gasteiger partial charge >= 0.3 is 12.4 Å². The average Bonchev–Trinajstić information content (AvgIpc) is 2.58. The van der Waals surface area contributed by atoms with Gasteiger partial charge in [0.25, 0.3) is 11.4 Å². The van der Waals surface area contributed by atoms with Gasteiger partial charge in [0, 0.05) is 35.4 Å². The van der Waals surface area contributed by atoms with E-state index in [1.54, 1.807) is 0 Å². The molecular weight excluding hydrogens is 402 g/mol. The van der Waals surface area contributed by atoms with Crippen LogP contribution in [-0.4, -0.2) is 15.6 Å². The topological polar surface area (TPSA) is 103 Å². The summed E-state index contributed by atoms with van der Waals surface area (Å²) >= 11 is 0. The fourth-order valence-corrected chi connectivity index (χ4v) is 2.31. The number of nitro benzene ring substituents is 2. The monoisotopic (exact) mass is 408 g/mol. The minimum Gasteiger partial charge on any atom is -0.289 e. The fraction of sp³-hybridized carbons (Fsp3) is 0.133. The van der Waals surface area contributed by atoms with Crippen molar-refractivity contribution in [2.75, 3.05) is 0 Å². The molecule has 0 radical (unpaired) electrons. The number of benzene rings is 2. The third kappa shape index (κ3) is 4.07. The molecular formula is C15H6F6N2O5. The van der Waals surface area contributed by atoms with Crippen LogP contribution in [0.1, 0.15) is 27.0 Å². The van der Waals surface area contributed by atoms with Gasteiger partial charge in [0.2, 0.25) is 0 Å². The zero-order chi connectivity index (χ0) is 21.4. The summed E-state index contributed by atoms with van der Waals surface area (Å²) in [6, 6.07) is 1.55. The Bertz CT molecular complexity index is 906. The molecule has 7 nitrogen and oxygen atoms in total. The number of alkyl halides is 6.